The second-order valence-corrected chi connectivity index (χ2v) is 11.1. The van der Waals surface area contributed by atoms with Crippen molar-refractivity contribution in [2.75, 3.05) is 13.2 Å². The molecule has 0 aromatic carbocycles. The molecule has 0 unspecified atom stereocenters. The first-order chi connectivity index (χ1) is 14.8. The van der Waals surface area contributed by atoms with E-state index < -0.39 is 5.41 Å². The maximum atomic E-state index is 13.0. The number of ether oxygens (including phenoxy) is 2. The number of aliphatic hydroxyl groups is 1. The summed E-state index contributed by atoms with van der Waals surface area (Å²) in [7, 11) is 0. The zero-order valence-electron chi connectivity index (χ0n) is 18.8. The van der Waals surface area contributed by atoms with Gasteiger partial charge in [0.2, 0.25) is 0 Å². The van der Waals surface area contributed by atoms with Crippen molar-refractivity contribution in [3.63, 3.8) is 0 Å². The smallest absolute Gasteiger partial charge is 0.163 e. The van der Waals surface area contributed by atoms with E-state index in [1.54, 1.807) is 12.3 Å². The van der Waals surface area contributed by atoms with Gasteiger partial charge in [-0.05, 0) is 61.3 Å². The van der Waals surface area contributed by atoms with Gasteiger partial charge in [0.15, 0.2) is 5.78 Å². The van der Waals surface area contributed by atoms with Crippen molar-refractivity contribution in [3.05, 3.63) is 47.5 Å². The number of hydrogen-bond acceptors (Lipinski definition) is 5. The maximum absolute atomic E-state index is 13.0. The third-order valence-electron chi connectivity index (χ3n) is 9.76. The number of rotatable bonds is 3. The summed E-state index contributed by atoms with van der Waals surface area (Å²) in [6, 6.07) is 2.06. The fraction of sp³-hybridized carbons (Fsp3) is 0.654. The van der Waals surface area contributed by atoms with Crippen molar-refractivity contribution >= 4 is 5.78 Å². The van der Waals surface area contributed by atoms with Gasteiger partial charge < -0.3 is 19.0 Å². The molecule has 3 fully saturated rings. The Balaban J connectivity index is 1.54. The first-order valence-electron chi connectivity index (χ1n) is 11.6. The van der Waals surface area contributed by atoms with E-state index in [0.717, 1.165) is 6.42 Å². The number of ketones is 1. The minimum Gasteiger partial charge on any atom is -0.472 e. The largest absolute Gasteiger partial charge is 0.472 e. The topological polar surface area (TPSA) is 68.9 Å². The minimum atomic E-state index is -0.521. The summed E-state index contributed by atoms with van der Waals surface area (Å²) in [6.07, 6.45) is 8.96. The van der Waals surface area contributed by atoms with Gasteiger partial charge in [0, 0.05) is 23.9 Å². The van der Waals surface area contributed by atoms with E-state index in [9.17, 15) is 9.90 Å². The number of fused-ring (bicyclic) bond motifs is 4. The Hall–Kier alpha value is -1.69. The Labute approximate surface area is 183 Å². The first kappa shape index (κ1) is 20.0. The van der Waals surface area contributed by atoms with Gasteiger partial charge in [-0.3, -0.25) is 4.79 Å². The second kappa shape index (κ2) is 6.21. The molecule has 9 atom stereocenters. The van der Waals surface area contributed by atoms with Gasteiger partial charge in [0.25, 0.3) is 0 Å². The summed E-state index contributed by atoms with van der Waals surface area (Å²) in [6.45, 7) is 9.50. The molecule has 0 bridgehead atoms. The van der Waals surface area contributed by atoms with E-state index >= 15 is 0 Å². The van der Waals surface area contributed by atoms with Crippen molar-refractivity contribution in [2.24, 2.45) is 28.1 Å². The summed E-state index contributed by atoms with van der Waals surface area (Å²) in [4.78, 5) is 13.0. The standard InChI is InChI=1S/C26H32O5/c1-14-16(15-7-10-29-12-15)11-17-20(14)26(4)18(6-9-27)24(2)8-5-19(28)25(3)13-30-21(22(24)25)23(26)31-17/h5,7-8,10,12,16-18,21-23,27H,6,9,11,13H2,1-4H3/t16-,17-,18-,21-,22-,23-,24-,25-,26-/m1/s1. The van der Waals surface area contributed by atoms with Crippen LogP contribution in [0.2, 0.25) is 0 Å². The third-order valence-corrected chi connectivity index (χ3v) is 9.76. The predicted molar refractivity (Wildman–Crippen MR) is 114 cm³/mol. The van der Waals surface area contributed by atoms with E-state index in [1.165, 1.54) is 16.7 Å². The summed E-state index contributed by atoms with van der Waals surface area (Å²) >= 11 is 0. The summed E-state index contributed by atoms with van der Waals surface area (Å²) in [5.41, 5.74) is 2.96. The molecule has 5 heteroatoms. The number of hydrogen-bond donors (Lipinski definition) is 1. The van der Waals surface area contributed by atoms with Crippen molar-refractivity contribution in [1.82, 2.24) is 0 Å². The van der Waals surface area contributed by atoms with E-state index in [0.29, 0.717) is 18.9 Å². The van der Waals surface area contributed by atoms with E-state index in [-0.39, 0.29) is 53.4 Å². The van der Waals surface area contributed by atoms with Gasteiger partial charge >= 0.3 is 0 Å². The van der Waals surface area contributed by atoms with Crippen LogP contribution in [0, 0.1) is 28.1 Å². The second-order valence-electron chi connectivity index (χ2n) is 11.1. The predicted octanol–water partition coefficient (Wildman–Crippen LogP) is 4.04. The molecule has 1 saturated carbocycles. The van der Waals surface area contributed by atoms with Gasteiger partial charge in [-0.25, -0.2) is 0 Å². The van der Waals surface area contributed by atoms with Crippen molar-refractivity contribution in [1.29, 1.82) is 0 Å². The molecular formula is C26H32O5. The minimum absolute atomic E-state index is 0.0509. The highest BCUT2D eigenvalue weighted by atomic mass is 16.6. The molecule has 1 N–H and O–H groups in total. The number of furan rings is 1. The zero-order chi connectivity index (χ0) is 21.8. The molecule has 0 radical (unpaired) electrons. The SMILES string of the molecule is CC1=C2[C@@H](C[C@H]1c1ccoc1)O[C@@H]1[C@@H]3OC[C@]4(C)C(=O)C=C[C@](C)([C@@H](CCO)[C@]21C)[C@@H]34. The highest BCUT2D eigenvalue weighted by molar-refractivity contribution is 5.96. The average Bonchev–Trinajstić information content (AvgIpc) is 3.48. The number of aliphatic hydroxyl groups excluding tert-OH is 1. The summed E-state index contributed by atoms with van der Waals surface area (Å²) < 4.78 is 18.6. The quantitative estimate of drug-likeness (QED) is 0.742. The molecule has 166 valence electrons. The Kier molecular flexibility index (Phi) is 4.00. The molecule has 0 spiro atoms. The van der Waals surface area contributed by atoms with Crippen LogP contribution in [0.5, 0.6) is 0 Å². The summed E-state index contributed by atoms with van der Waals surface area (Å²) in [5, 5.41) is 10.1. The Morgan fingerprint density at radius 2 is 2.06 bits per heavy atom. The van der Waals surface area contributed by atoms with E-state index in [1.807, 2.05) is 6.26 Å². The van der Waals surface area contributed by atoms with Gasteiger partial charge in [0.1, 0.15) is 0 Å². The first-order valence-corrected chi connectivity index (χ1v) is 11.6. The number of carbonyl (C=O) groups excluding carboxylic acids is 1. The van der Waals surface area contributed by atoms with Crippen LogP contribution in [0.4, 0.5) is 0 Å². The van der Waals surface area contributed by atoms with Crippen LogP contribution in [0.25, 0.3) is 0 Å². The van der Waals surface area contributed by atoms with Gasteiger partial charge in [-0.15, -0.1) is 0 Å². The number of carbonyl (C=O) groups is 1. The van der Waals surface area contributed by atoms with Crippen LogP contribution in [-0.2, 0) is 14.3 Å². The Bertz CT molecular complexity index is 991. The monoisotopic (exact) mass is 424 g/mol. The molecule has 1 aromatic rings. The van der Waals surface area contributed by atoms with Gasteiger partial charge in [-0.1, -0.05) is 25.5 Å². The molecule has 3 heterocycles. The summed E-state index contributed by atoms with van der Waals surface area (Å²) in [5.74, 6) is 0.698. The Morgan fingerprint density at radius 3 is 2.77 bits per heavy atom. The molecule has 2 saturated heterocycles. The molecule has 3 aliphatic carbocycles. The lowest BCUT2D eigenvalue weighted by molar-refractivity contribution is -0.173. The van der Waals surface area contributed by atoms with Crippen LogP contribution in [-0.4, -0.2) is 42.4 Å². The lowest BCUT2D eigenvalue weighted by Gasteiger charge is -2.60. The van der Waals surface area contributed by atoms with Crippen LogP contribution >= 0.6 is 0 Å². The number of allylic oxidation sites excluding steroid dienone is 3. The zero-order valence-corrected chi connectivity index (χ0v) is 18.8. The van der Waals surface area contributed by atoms with E-state index in [2.05, 4.69) is 39.8 Å². The fourth-order valence-corrected chi connectivity index (χ4v) is 8.59. The lowest BCUT2D eigenvalue weighted by Crippen LogP contribution is -2.64. The van der Waals surface area contributed by atoms with Crippen LogP contribution < -0.4 is 0 Å². The van der Waals surface area contributed by atoms with Crippen LogP contribution in [0.15, 0.2) is 46.3 Å². The molecular weight excluding hydrogens is 392 g/mol. The molecule has 31 heavy (non-hydrogen) atoms. The molecule has 1 aromatic heterocycles. The van der Waals surface area contributed by atoms with Crippen molar-refractivity contribution in [3.8, 4) is 0 Å². The highest BCUT2D eigenvalue weighted by Gasteiger charge is 2.74. The lowest BCUT2D eigenvalue weighted by atomic mass is 9.42. The van der Waals surface area contributed by atoms with Gasteiger partial charge in [0.05, 0.1) is 42.9 Å². The van der Waals surface area contributed by atoms with Crippen LogP contribution in [0.3, 0.4) is 0 Å². The molecule has 5 nitrogen and oxygen atoms in total. The third kappa shape index (κ3) is 2.20. The molecule has 6 rings (SSSR count). The average molecular weight is 425 g/mol. The molecule has 0 amide bonds. The normalized spacial score (nSPS) is 50.0. The van der Waals surface area contributed by atoms with Crippen molar-refractivity contribution < 1.29 is 23.8 Å². The van der Waals surface area contributed by atoms with E-state index in [4.69, 9.17) is 13.9 Å². The Morgan fingerprint density at radius 1 is 1.26 bits per heavy atom. The fourth-order valence-electron chi connectivity index (χ4n) is 8.59. The van der Waals surface area contributed by atoms with Crippen molar-refractivity contribution in [2.45, 2.75) is 64.8 Å². The highest BCUT2D eigenvalue weighted by Crippen LogP contribution is 2.71. The molecule has 2 aliphatic heterocycles. The van der Waals surface area contributed by atoms with Crippen LogP contribution in [0.1, 0.15) is 52.0 Å². The molecule has 5 aliphatic rings. The van der Waals surface area contributed by atoms with Gasteiger partial charge in [-0.2, -0.15) is 0 Å². The maximum Gasteiger partial charge on any atom is 0.163 e.